The molecule has 0 bridgehead atoms. The van der Waals surface area contributed by atoms with Crippen molar-refractivity contribution in [2.75, 3.05) is 13.2 Å². The summed E-state index contributed by atoms with van der Waals surface area (Å²) in [5.74, 6) is -2.24. The highest BCUT2D eigenvalue weighted by molar-refractivity contribution is 5.81. The van der Waals surface area contributed by atoms with Crippen molar-refractivity contribution in [1.29, 1.82) is 0 Å². The Labute approximate surface area is 107 Å². The molecule has 4 heteroatoms. The van der Waals surface area contributed by atoms with Crippen LogP contribution >= 0.6 is 0 Å². The maximum absolute atomic E-state index is 13.3. The summed E-state index contributed by atoms with van der Waals surface area (Å²) < 4.78 is 31.9. The Morgan fingerprint density at radius 3 is 2.83 bits per heavy atom. The molecule has 2 nitrogen and oxygen atoms in total. The van der Waals surface area contributed by atoms with Gasteiger partial charge in [-0.3, -0.25) is 4.79 Å². The highest BCUT2D eigenvalue weighted by Gasteiger charge is 2.38. The average Bonchev–Trinajstić information content (AvgIpc) is 2.28. The van der Waals surface area contributed by atoms with Gasteiger partial charge in [-0.2, -0.15) is 0 Å². The van der Waals surface area contributed by atoms with Crippen molar-refractivity contribution in [2.45, 2.75) is 51.4 Å². The van der Waals surface area contributed by atoms with E-state index < -0.39 is 5.92 Å². The fourth-order valence-corrected chi connectivity index (χ4v) is 3.24. The number of carbonyl (C=O) groups is 1. The largest absolute Gasteiger partial charge is 0.381 e. The lowest BCUT2D eigenvalue weighted by Crippen LogP contribution is -2.34. The molecule has 3 unspecified atom stereocenters. The summed E-state index contributed by atoms with van der Waals surface area (Å²) in [5.41, 5.74) is 0. The van der Waals surface area contributed by atoms with Gasteiger partial charge in [0.25, 0.3) is 0 Å². The molecule has 2 rings (SSSR count). The van der Waals surface area contributed by atoms with E-state index in [1.165, 1.54) is 0 Å². The van der Waals surface area contributed by atoms with Crippen LogP contribution in [0.1, 0.15) is 45.4 Å². The summed E-state index contributed by atoms with van der Waals surface area (Å²) in [6.07, 6.45) is 2.31. The summed E-state index contributed by atoms with van der Waals surface area (Å²) in [7, 11) is 0. The molecule has 2 aliphatic rings. The lowest BCUT2D eigenvalue weighted by atomic mass is 9.78. The number of Topliss-reactive ketones (excluding diaryl/α,β-unsaturated/α-hetero) is 1. The third kappa shape index (κ3) is 3.50. The highest BCUT2D eigenvalue weighted by Crippen LogP contribution is 2.39. The van der Waals surface area contributed by atoms with E-state index in [0.717, 1.165) is 12.8 Å². The number of alkyl halides is 2. The molecule has 0 aromatic rings. The lowest BCUT2D eigenvalue weighted by Gasteiger charge is -2.32. The van der Waals surface area contributed by atoms with Gasteiger partial charge in [-0.1, -0.05) is 6.92 Å². The fourth-order valence-electron chi connectivity index (χ4n) is 3.24. The molecule has 104 valence electrons. The van der Waals surface area contributed by atoms with Gasteiger partial charge in [0, 0.05) is 38.4 Å². The van der Waals surface area contributed by atoms with Gasteiger partial charge in [-0.25, -0.2) is 8.78 Å². The Bertz CT molecular complexity index is 304. The number of ketones is 1. The van der Waals surface area contributed by atoms with Crippen molar-refractivity contribution < 1.29 is 18.3 Å². The zero-order chi connectivity index (χ0) is 13.2. The highest BCUT2D eigenvalue weighted by atomic mass is 19.3. The van der Waals surface area contributed by atoms with Gasteiger partial charge < -0.3 is 4.74 Å². The third-order valence-electron chi connectivity index (χ3n) is 4.29. The monoisotopic (exact) mass is 260 g/mol. The number of hydrogen-bond donors (Lipinski definition) is 0. The average molecular weight is 260 g/mol. The van der Waals surface area contributed by atoms with Crippen LogP contribution in [-0.2, 0) is 9.53 Å². The zero-order valence-electron chi connectivity index (χ0n) is 11.0. The molecular weight excluding hydrogens is 238 g/mol. The van der Waals surface area contributed by atoms with E-state index in [1.807, 2.05) is 6.92 Å². The first-order valence-electron chi connectivity index (χ1n) is 6.96. The second-order valence-electron chi connectivity index (χ2n) is 5.94. The van der Waals surface area contributed by atoms with E-state index in [4.69, 9.17) is 4.74 Å². The van der Waals surface area contributed by atoms with E-state index in [-0.39, 0.29) is 36.4 Å². The molecule has 0 amide bonds. The van der Waals surface area contributed by atoms with Gasteiger partial charge in [0.2, 0.25) is 5.92 Å². The van der Waals surface area contributed by atoms with Crippen LogP contribution < -0.4 is 0 Å². The maximum Gasteiger partial charge on any atom is 0.248 e. The Hall–Kier alpha value is -0.510. The van der Waals surface area contributed by atoms with Gasteiger partial charge in [-0.05, 0) is 31.1 Å². The van der Waals surface area contributed by atoms with Crippen molar-refractivity contribution in [3.05, 3.63) is 0 Å². The van der Waals surface area contributed by atoms with Gasteiger partial charge in [0.15, 0.2) is 0 Å². The standard InChI is InChI=1S/C14H22F2O2/c1-10-9-18-6-4-12(10)13(17)7-11-3-2-5-14(15,16)8-11/h10-12H,2-9H2,1H3. The van der Waals surface area contributed by atoms with E-state index >= 15 is 0 Å². The van der Waals surface area contributed by atoms with Crippen molar-refractivity contribution in [3.63, 3.8) is 0 Å². The molecule has 1 saturated heterocycles. The summed E-state index contributed by atoms with van der Waals surface area (Å²) in [4.78, 5) is 12.2. The number of hydrogen-bond acceptors (Lipinski definition) is 2. The Kier molecular flexibility index (Phi) is 4.36. The first-order valence-corrected chi connectivity index (χ1v) is 6.96. The summed E-state index contributed by atoms with van der Waals surface area (Å²) >= 11 is 0. The smallest absolute Gasteiger partial charge is 0.248 e. The predicted molar refractivity (Wildman–Crippen MR) is 64.6 cm³/mol. The maximum atomic E-state index is 13.3. The first-order chi connectivity index (χ1) is 8.48. The molecule has 0 N–H and O–H groups in total. The van der Waals surface area contributed by atoms with E-state index in [1.54, 1.807) is 0 Å². The second-order valence-corrected chi connectivity index (χ2v) is 5.94. The number of halogens is 2. The van der Waals surface area contributed by atoms with Crippen LogP contribution in [0.2, 0.25) is 0 Å². The van der Waals surface area contributed by atoms with Gasteiger partial charge in [0.05, 0.1) is 0 Å². The fraction of sp³-hybridized carbons (Fsp3) is 0.929. The third-order valence-corrected chi connectivity index (χ3v) is 4.29. The van der Waals surface area contributed by atoms with E-state index in [2.05, 4.69) is 0 Å². The Morgan fingerprint density at radius 1 is 1.39 bits per heavy atom. The molecule has 1 heterocycles. The quantitative estimate of drug-likeness (QED) is 0.777. The minimum atomic E-state index is -2.55. The molecule has 1 aliphatic heterocycles. The molecule has 1 saturated carbocycles. The van der Waals surface area contributed by atoms with Crippen LogP contribution in [0.4, 0.5) is 8.78 Å². The Morgan fingerprint density at radius 2 is 2.17 bits per heavy atom. The minimum Gasteiger partial charge on any atom is -0.381 e. The predicted octanol–water partition coefficient (Wildman–Crippen LogP) is 3.44. The van der Waals surface area contributed by atoms with Gasteiger partial charge in [-0.15, -0.1) is 0 Å². The lowest BCUT2D eigenvalue weighted by molar-refractivity contribution is -0.131. The van der Waals surface area contributed by atoms with E-state index in [9.17, 15) is 13.6 Å². The van der Waals surface area contributed by atoms with Gasteiger partial charge >= 0.3 is 0 Å². The number of rotatable bonds is 3. The molecule has 2 fully saturated rings. The number of ether oxygens (including phenoxy) is 1. The van der Waals surface area contributed by atoms with Crippen molar-refractivity contribution in [2.24, 2.45) is 17.8 Å². The molecular formula is C14H22F2O2. The van der Waals surface area contributed by atoms with Gasteiger partial charge in [0.1, 0.15) is 5.78 Å². The molecule has 0 spiro atoms. The summed E-state index contributed by atoms with van der Waals surface area (Å²) in [6.45, 7) is 3.26. The van der Waals surface area contributed by atoms with Crippen molar-refractivity contribution in [3.8, 4) is 0 Å². The minimum absolute atomic E-state index is 0.00857. The number of carbonyl (C=O) groups excluding carboxylic acids is 1. The molecule has 0 radical (unpaired) electrons. The van der Waals surface area contributed by atoms with Crippen LogP contribution in [0.15, 0.2) is 0 Å². The molecule has 0 aromatic carbocycles. The summed E-state index contributed by atoms with van der Waals surface area (Å²) in [6, 6.07) is 0. The van der Waals surface area contributed by atoms with Crippen LogP contribution in [0.5, 0.6) is 0 Å². The topological polar surface area (TPSA) is 26.3 Å². The van der Waals surface area contributed by atoms with Crippen molar-refractivity contribution >= 4 is 5.78 Å². The second kappa shape index (κ2) is 5.64. The zero-order valence-corrected chi connectivity index (χ0v) is 11.0. The molecule has 1 aliphatic carbocycles. The van der Waals surface area contributed by atoms with Crippen LogP contribution in [-0.4, -0.2) is 24.9 Å². The van der Waals surface area contributed by atoms with Crippen LogP contribution in [0.25, 0.3) is 0 Å². The first kappa shape index (κ1) is 13.9. The van der Waals surface area contributed by atoms with Crippen molar-refractivity contribution in [1.82, 2.24) is 0 Å². The SMILES string of the molecule is CC1COCCC1C(=O)CC1CCCC(F)(F)C1. The van der Waals surface area contributed by atoms with Crippen LogP contribution in [0, 0.1) is 17.8 Å². The summed E-state index contributed by atoms with van der Waals surface area (Å²) in [5, 5.41) is 0. The van der Waals surface area contributed by atoms with Crippen LogP contribution in [0.3, 0.4) is 0 Å². The van der Waals surface area contributed by atoms with E-state index in [0.29, 0.717) is 26.1 Å². The molecule has 0 aromatic heterocycles. The Balaban J connectivity index is 1.86. The molecule has 3 atom stereocenters. The normalized spacial score (nSPS) is 36.3. The molecule has 18 heavy (non-hydrogen) atoms.